The van der Waals surface area contributed by atoms with Crippen molar-refractivity contribution in [1.29, 1.82) is 0 Å². The van der Waals surface area contributed by atoms with Gasteiger partial charge in [-0.25, -0.2) is 12.8 Å². The van der Waals surface area contributed by atoms with Gasteiger partial charge in [-0.1, -0.05) is 29.8 Å². The molecule has 1 aliphatic rings. The molecule has 4 nitrogen and oxygen atoms in total. The molecule has 2 aromatic rings. The Kier molecular flexibility index (Phi) is 4.27. The summed E-state index contributed by atoms with van der Waals surface area (Å²) < 4.78 is 40.0. The van der Waals surface area contributed by atoms with Gasteiger partial charge in [-0.2, -0.15) is 4.31 Å². The molecule has 1 atom stereocenters. The molecule has 0 N–H and O–H groups in total. The SMILES string of the molecule is Cc1ccc(S(=O)(=O)N2CCC(C=O)(c3ccc(F)cc3)C2)cc1. The molecule has 126 valence electrons. The van der Waals surface area contributed by atoms with E-state index in [1.54, 1.807) is 36.4 Å². The third-order valence-corrected chi connectivity index (χ3v) is 6.43. The van der Waals surface area contributed by atoms with Crippen LogP contribution in [0.4, 0.5) is 4.39 Å². The van der Waals surface area contributed by atoms with E-state index in [-0.39, 0.29) is 23.8 Å². The van der Waals surface area contributed by atoms with E-state index in [1.807, 2.05) is 6.92 Å². The van der Waals surface area contributed by atoms with Crippen molar-refractivity contribution in [3.05, 3.63) is 65.5 Å². The van der Waals surface area contributed by atoms with Crippen molar-refractivity contribution in [3.63, 3.8) is 0 Å². The second kappa shape index (κ2) is 6.11. The summed E-state index contributed by atoms with van der Waals surface area (Å²) in [5.41, 5.74) is 0.690. The van der Waals surface area contributed by atoms with Crippen LogP contribution in [0.5, 0.6) is 0 Å². The molecule has 0 bridgehead atoms. The molecular weight excluding hydrogens is 329 g/mol. The summed E-state index contributed by atoms with van der Waals surface area (Å²) in [6.07, 6.45) is 1.16. The van der Waals surface area contributed by atoms with Gasteiger partial charge >= 0.3 is 0 Å². The Hall–Kier alpha value is -2.05. The van der Waals surface area contributed by atoms with Gasteiger partial charge < -0.3 is 4.79 Å². The van der Waals surface area contributed by atoms with Crippen LogP contribution in [0.2, 0.25) is 0 Å². The van der Waals surface area contributed by atoms with Crippen molar-refractivity contribution in [2.75, 3.05) is 13.1 Å². The highest BCUT2D eigenvalue weighted by Gasteiger charge is 2.44. The maximum Gasteiger partial charge on any atom is 0.243 e. The molecule has 0 amide bonds. The minimum absolute atomic E-state index is 0.0678. The van der Waals surface area contributed by atoms with Gasteiger partial charge in [0.25, 0.3) is 0 Å². The molecule has 0 aromatic heterocycles. The van der Waals surface area contributed by atoms with Gasteiger partial charge in [-0.3, -0.25) is 0 Å². The van der Waals surface area contributed by atoms with Crippen LogP contribution < -0.4 is 0 Å². The normalized spacial score (nSPS) is 21.8. The van der Waals surface area contributed by atoms with Crippen LogP contribution >= 0.6 is 0 Å². The van der Waals surface area contributed by atoms with Gasteiger partial charge in [0.05, 0.1) is 10.3 Å². The average molecular weight is 347 g/mol. The van der Waals surface area contributed by atoms with Gasteiger partial charge in [-0.15, -0.1) is 0 Å². The molecule has 1 heterocycles. The highest BCUT2D eigenvalue weighted by Crippen LogP contribution is 2.35. The quantitative estimate of drug-likeness (QED) is 0.799. The van der Waals surface area contributed by atoms with Crippen LogP contribution in [-0.2, 0) is 20.2 Å². The molecular formula is C18H18FNO3S. The highest BCUT2D eigenvalue weighted by molar-refractivity contribution is 7.89. The number of aryl methyl sites for hydroxylation is 1. The van der Waals surface area contributed by atoms with E-state index in [2.05, 4.69) is 0 Å². The van der Waals surface area contributed by atoms with E-state index in [0.717, 1.165) is 11.8 Å². The second-order valence-electron chi connectivity index (χ2n) is 6.18. The monoisotopic (exact) mass is 347 g/mol. The number of aldehydes is 1. The second-order valence-corrected chi connectivity index (χ2v) is 8.12. The van der Waals surface area contributed by atoms with Crippen LogP contribution in [0.25, 0.3) is 0 Å². The molecule has 3 rings (SSSR count). The Balaban J connectivity index is 1.91. The highest BCUT2D eigenvalue weighted by atomic mass is 32.2. The maximum atomic E-state index is 13.1. The van der Waals surface area contributed by atoms with Crippen LogP contribution in [0, 0.1) is 12.7 Å². The minimum Gasteiger partial charge on any atom is -0.302 e. The number of benzene rings is 2. The van der Waals surface area contributed by atoms with Gasteiger partial charge in [0.1, 0.15) is 12.1 Å². The average Bonchev–Trinajstić information content (AvgIpc) is 3.02. The lowest BCUT2D eigenvalue weighted by Crippen LogP contribution is -2.35. The number of carbonyl (C=O) groups excluding carboxylic acids is 1. The van der Waals surface area contributed by atoms with E-state index in [1.165, 1.54) is 16.4 Å². The number of sulfonamides is 1. The van der Waals surface area contributed by atoms with E-state index in [4.69, 9.17) is 0 Å². The van der Waals surface area contributed by atoms with E-state index in [0.29, 0.717) is 12.0 Å². The van der Waals surface area contributed by atoms with Gasteiger partial charge in [0.15, 0.2) is 0 Å². The molecule has 1 aliphatic heterocycles. The molecule has 24 heavy (non-hydrogen) atoms. The number of nitrogens with zero attached hydrogens (tertiary/aromatic N) is 1. The van der Waals surface area contributed by atoms with Crippen molar-refractivity contribution < 1.29 is 17.6 Å². The predicted molar refractivity (Wildman–Crippen MR) is 88.7 cm³/mol. The number of hydrogen-bond acceptors (Lipinski definition) is 3. The fourth-order valence-electron chi connectivity index (χ4n) is 3.04. The lowest BCUT2D eigenvalue weighted by Gasteiger charge is -2.23. The first-order valence-electron chi connectivity index (χ1n) is 7.67. The minimum atomic E-state index is -3.65. The van der Waals surface area contributed by atoms with Gasteiger partial charge in [0, 0.05) is 13.1 Å². The molecule has 1 fully saturated rings. The zero-order valence-corrected chi connectivity index (χ0v) is 14.1. The Morgan fingerprint density at radius 1 is 1.08 bits per heavy atom. The largest absolute Gasteiger partial charge is 0.302 e. The van der Waals surface area contributed by atoms with Crippen molar-refractivity contribution in [1.82, 2.24) is 4.31 Å². The zero-order chi connectivity index (χ0) is 17.4. The zero-order valence-electron chi connectivity index (χ0n) is 13.3. The third kappa shape index (κ3) is 2.87. The summed E-state index contributed by atoms with van der Waals surface area (Å²) in [5, 5.41) is 0. The number of carbonyl (C=O) groups is 1. The molecule has 1 saturated heterocycles. The van der Waals surface area contributed by atoms with E-state index in [9.17, 15) is 17.6 Å². The van der Waals surface area contributed by atoms with Crippen LogP contribution in [0.1, 0.15) is 17.5 Å². The first-order valence-corrected chi connectivity index (χ1v) is 9.11. The first-order chi connectivity index (χ1) is 11.4. The van der Waals surface area contributed by atoms with Crippen LogP contribution in [0.3, 0.4) is 0 Å². The molecule has 6 heteroatoms. The number of hydrogen-bond donors (Lipinski definition) is 0. The molecule has 0 radical (unpaired) electrons. The summed E-state index contributed by atoms with van der Waals surface area (Å²) in [7, 11) is -3.65. The summed E-state index contributed by atoms with van der Waals surface area (Å²) in [6.45, 7) is 2.21. The lowest BCUT2D eigenvalue weighted by atomic mass is 9.81. The predicted octanol–water partition coefficient (Wildman–Crippen LogP) is 2.67. The lowest BCUT2D eigenvalue weighted by molar-refractivity contribution is -0.112. The summed E-state index contributed by atoms with van der Waals surface area (Å²) >= 11 is 0. The standard InChI is InChI=1S/C18H18FNO3S/c1-14-2-8-17(9-3-14)24(22,23)20-11-10-18(12-20,13-21)15-4-6-16(19)7-5-15/h2-9,13H,10-12H2,1H3. The van der Waals surface area contributed by atoms with Crippen molar-refractivity contribution in [3.8, 4) is 0 Å². The molecule has 1 unspecified atom stereocenters. The summed E-state index contributed by atoms with van der Waals surface area (Å²) in [4.78, 5) is 12.0. The Labute approximate surface area is 141 Å². The number of halogens is 1. The molecule has 2 aromatic carbocycles. The van der Waals surface area contributed by atoms with Gasteiger partial charge in [0.2, 0.25) is 10.0 Å². The van der Waals surface area contributed by atoms with E-state index >= 15 is 0 Å². The summed E-state index contributed by atoms with van der Waals surface area (Å²) in [6, 6.07) is 12.3. The molecule has 0 saturated carbocycles. The third-order valence-electron chi connectivity index (χ3n) is 4.57. The van der Waals surface area contributed by atoms with Crippen molar-refractivity contribution in [2.24, 2.45) is 0 Å². The van der Waals surface area contributed by atoms with Crippen LogP contribution in [0.15, 0.2) is 53.4 Å². The van der Waals surface area contributed by atoms with Gasteiger partial charge in [-0.05, 0) is 43.2 Å². The maximum absolute atomic E-state index is 13.1. The number of rotatable bonds is 4. The Bertz CT molecular complexity index is 847. The van der Waals surface area contributed by atoms with Crippen LogP contribution in [-0.4, -0.2) is 32.1 Å². The Morgan fingerprint density at radius 2 is 1.71 bits per heavy atom. The summed E-state index contributed by atoms with van der Waals surface area (Å²) in [5.74, 6) is -0.387. The topological polar surface area (TPSA) is 54.5 Å². The molecule has 0 aliphatic carbocycles. The smallest absolute Gasteiger partial charge is 0.243 e. The van der Waals surface area contributed by atoms with Crippen molar-refractivity contribution >= 4 is 16.3 Å². The Morgan fingerprint density at radius 3 is 2.29 bits per heavy atom. The van der Waals surface area contributed by atoms with Crippen molar-refractivity contribution in [2.45, 2.75) is 23.7 Å². The fraction of sp³-hybridized carbons (Fsp3) is 0.278. The first kappa shape index (κ1) is 16.8. The molecule has 0 spiro atoms. The fourth-order valence-corrected chi connectivity index (χ4v) is 4.55. The van der Waals surface area contributed by atoms with E-state index < -0.39 is 15.4 Å².